The number of hydrogen-bond donors (Lipinski definition) is 1. The van der Waals surface area contributed by atoms with Gasteiger partial charge < -0.3 is 19.1 Å². The molecular weight excluding hydrogens is 360 g/mol. The SMILES string of the molecule is Cc1ccc(CSc2ncc(CO)n2Cc2ccc3c(c2)OCO3)cc1C. The van der Waals surface area contributed by atoms with Gasteiger partial charge in [-0.25, -0.2) is 4.98 Å². The number of ether oxygens (including phenoxy) is 2. The van der Waals surface area contributed by atoms with E-state index in [0.29, 0.717) is 6.54 Å². The van der Waals surface area contributed by atoms with Crippen molar-refractivity contribution < 1.29 is 14.6 Å². The van der Waals surface area contributed by atoms with E-state index >= 15 is 0 Å². The minimum absolute atomic E-state index is 0.0399. The molecule has 0 saturated carbocycles. The first-order valence-electron chi connectivity index (χ1n) is 8.87. The largest absolute Gasteiger partial charge is 0.454 e. The zero-order valence-corrected chi connectivity index (χ0v) is 16.3. The average molecular weight is 382 g/mol. The molecule has 2 aromatic carbocycles. The highest BCUT2D eigenvalue weighted by Gasteiger charge is 2.16. The Morgan fingerprint density at radius 3 is 2.67 bits per heavy atom. The molecule has 27 heavy (non-hydrogen) atoms. The number of aryl methyl sites for hydroxylation is 2. The molecule has 1 N–H and O–H groups in total. The molecule has 5 nitrogen and oxygen atoms in total. The summed E-state index contributed by atoms with van der Waals surface area (Å²) in [5.74, 6) is 2.38. The molecule has 1 aliphatic heterocycles. The zero-order valence-electron chi connectivity index (χ0n) is 15.4. The first-order chi connectivity index (χ1) is 13.1. The van der Waals surface area contributed by atoms with Crippen molar-refractivity contribution in [3.8, 4) is 11.5 Å². The summed E-state index contributed by atoms with van der Waals surface area (Å²) in [4.78, 5) is 4.52. The maximum absolute atomic E-state index is 9.70. The van der Waals surface area contributed by atoms with E-state index in [4.69, 9.17) is 9.47 Å². The molecule has 2 heterocycles. The van der Waals surface area contributed by atoms with Crippen LogP contribution < -0.4 is 9.47 Å². The van der Waals surface area contributed by atoms with Crippen molar-refractivity contribution in [3.63, 3.8) is 0 Å². The van der Waals surface area contributed by atoms with Gasteiger partial charge in [0.15, 0.2) is 16.7 Å². The molecule has 0 spiro atoms. The van der Waals surface area contributed by atoms with E-state index in [1.807, 2.05) is 18.2 Å². The number of imidazole rings is 1. The Morgan fingerprint density at radius 1 is 1.04 bits per heavy atom. The molecular formula is C21H22N2O3S. The van der Waals surface area contributed by atoms with E-state index in [9.17, 15) is 5.11 Å². The number of benzene rings is 2. The minimum atomic E-state index is -0.0399. The second-order valence-corrected chi connectivity index (χ2v) is 7.61. The van der Waals surface area contributed by atoms with Crippen molar-refractivity contribution in [2.75, 3.05) is 6.79 Å². The monoisotopic (exact) mass is 382 g/mol. The lowest BCUT2D eigenvalue weighted by Gasteiger charge is -2.12. The molecule has 6 heteroatoms. The number of thioether (sulfide) groups is 1. The Hall–Kier alpha value is -2.44. The second-order valence-electron chi connectivity index (χ2n) is 6.67. The summed E-state index contributed by atoms with van der Waals surface area (Å²) >= 11 is 1.68. The molecule has 3 aromatic rings. The standard InChI is InChI=1S/C21H22N2O3S/c1-14-3-4-17(7-15(14)2)12-27-21-22-9-18(11-24)23(21)10-16-5-6-19-20(8-16)26-13-25-19/h3-9,24H,10-13H2,1-2H3. The molecule has 0 aliphatic carbocycles. The topological polar surface area (TPSA) is 56.5 Å². The Morgan fingerprint density at radius 2 is 1.85 bits per heavy atom. The lowest BCUT2D eigenvalue weighted by molar-refractivity contribution is 0.174. The highest BCUT2D eigenvalue weighted by molar-refractivity contribution is 7.98. The van der Waals surface area contributed by atoms with Crippen LogP contribution in [0.25, 0.3) is 0 Å². The van der Waals surface area contributed by atoms with Crippen LogP contribution in [-0.2, 0) is 18.9 Å². The number of hydrogen-bond acceptors (Lipinski definition) is 5. The van der Waals surface area contributed by atoms with Gasteiger partial charge in [-0.05, 0) is 48.2 Å². The molecule has 0 radical (unpaired) electrons. The molecule has 0 fully saturated rings. The van der Waals surface area contributed by atoms with Gasteiger partial charge >= 0.3 is 0 Å². The van der Waals surface area contributed by atoms with E-state index < -0.39 is 0 Å². The number of fused-ring (bicyclic) bond motifs is 1. The summed E-state index contributed by atoms with van der Waals surface area (Å²) in [7, 11) is 0. The Bertz CT molecular complexity index is 968. The highest BCUT2D eigenvalue weighted by atomic mass is 32.2. The minimum Gasteiger partial charge on any atom is -0.454 e. The first-order valence-corrected chi connectivity index (χ1v) is 9.85. The quantitative estimate of drug-likeness (QED) is 0.652. The number of nitrogens with zero attached hydrogens (tertiary/aromatic N) is 2. The molecule has 1 aliphatic rings. The van der Waals surface area contributed by atoms with Gasteiger partial charge in [-0.15, -0.1) is 0 Å². The predicted molar refractivity (Wildman–Crippen MR) is 105 cm³/mol. The summed E-state index contributed by atoms with van der Waals surface area (Å²) in [6.07, 6.45) is 1.75. The van der Waals surface area contributed by atoms with Crippen LogP contribution in [0.5, 0.6) is 11.5 Å². The van der Waals surface area contributed by atoms with E-state index in [1.54, 1.807) is 18.0 Å². The molecule has 1 aromatic heterocycles. The highest BCUT2D eigenvalue weighted by Crippen LogP contribution is 2.33. The lowest BCUT2D eigenvalue weighted by Crippen LogP contribution is -2.06. The molecule has 4 rings (SSSR count). The number of aliphatic hydroxyl groups excluding tert-OH is 1. The van der Waals surface area contributed by atoms with E-state index in [2.05, 4.69) is 41.6 Å². The summed E-state index contributed by atoms with van der Waals surface area (Å²) < 4.78 is 12.9. The number of aliphatic hydroxyl groups is 1. The smallest absolute Gasteiger partial charge is 0.231 e. The van der Waals surface area contributed by atoms with Crippen LogP contribution in [0.3, 0.4) is 0 Å². The predicted octanol–water partition coefficient (Wildman–Crippen LogP) is 4.06. The fourth-order valence-electron chi connectivity index (χ4n) is 3.07. The fourth-order valence-corrected chi connectivity index (χ4v) is 4.01. The van der Waals surface area contributed by atoms with Crippen molar-refractivity contribution in [3.05, 3.63) is 70.5 Å². The van der Waals surface area contributed by atoms with Crippen LogP contribution >= 0.6 is 11.8 Å². The van der Waals surface area contributed by atoms with E-state index in [-0.39, 0.29) is 13.4 Å². The maximum atomic E-state index is 9.70. The second kappa shape index (κ2) is 7.66. The van der Waals surface area contributed by atoms with Gasteiger partial charge in [0.1, 0.15) is 0 Å². The van der Waals surface area contributed by atoms with Crippen LogP contribution in [0.1, 0.15) is 27.9 Å². The summed E-state index contributed by atoms with van der Waals surface area (Å²) in [5.41, 5.74) is 5.75. The van der Waals surface area contributed by atoms with Crippen molar-refractivity contribution in [1.82, 2.24) is 9.55 Å². The third kappa shape index (κ3) is 3.82. The van der Waals surface area contributed by atoms with Gasteiger partial charge in [-0.1, -0.05) is 36.0 Å². The third-order valence-corrected chi connectivity index (χ3v) is 5.84. The van der Waals surface area contributed by atoms with Gasteiger partial charge in [0.25, 0.3) is 0 Å². The summed E-state index contributed by atoms with van der Waals surface area (Å²) in [6.45, 7) is 5.11. The van der Waals surface area contributed by atoms with Crippen molar-refractivity contribution >= 4 is 11.8 Å². The van der Waals surface area contributed by atoms with Crippen LogP contribution in [0.2, 0.25) is 0 Å². The van der Waals surface area contributed by atoms with E-state index in [0.717, 1.165) is 33.7 Å². The van der Waals surface area contributed by atoms with Crippen LogP contribution in [-0.4, -0.2) is 21.5 Å². The molecule has 0 unspecified atom stereocenters. The molecule has 0 bridgehead atoms. The van der Waals surface area contributed by atoms with Crippen molar-refractivity contribution in [2.45, 2.75) is 37.9 Å². The lowest BCUT2D eigenvalue weighted by atomic mass is 10.1. The summed E-state index contributed by atoms with van der Waals surface area (Å²) in [5, 5.41) is 10.6. The number of rotatable bonds is 6. The van der Waals surface area contributed by atoms with Gasteiger partial charge in [0.05, 0.1) is 25.0 Å². The fraction of sp³-hybridized carbons (Fsp3) is 0.286. The van der Waals surface area contributed by atoms with Gasteiger partial charge in [0, 0.05) is 5.75 Å². The van der Waals surface area contributed by atoms with Crippen molar-refractivity contribution in [2.24, 2.45) is 0 Å². The van der Waals surface area contributed by atoms with Crippen LogP contribution in [0.15, 0.2) is 47.8 Å². The Balaban J connectivity index is 1.53. The van der Waals surface area contributed by atoms with Crippen LogP contribution in [0, 0.1) is 13.8 Å². The summed E-state index contributed by atoms with van der Waals surface area (Å²) in [6, 6.07) is 12.5. The average Bonchev–Trinajstić information content (AvgIpc) is 3.29. The zero-order chi connectivity index (χ0) is 18.8. The number of aromatic nitrogens is 2. The molecule has 0 saturated heterocycles. The molecule has 0 atom stereocenters. The Labute approximate surface area is 163 Å². The molecule has 140 valence electrons. The maximum Gasteiger partial charge on any atom is 0.231 e. The first kappa shape index (κ1) is 17.9. The normalized spacial score (nSPS) is 12.6. The van der Waals surface area contributed by atoms with Crippen LogP contribution in [0.4, 0.5) is 0 Å². The van der Waals surface area contributed by atoms with E-state index in [1.165, 1.54) is 16.7 Å². The van der Waals surface area contributed by atoms with Gasteiger partial charge in [-0.2, -0.15) is 0 Å². The van der Waals surface area contributed by atoms with Gasteiger partial charge in [0.2, 0.25) is 6.79 Å². The molecule has 0 amide bonds. The van der Waals surface area contributed by atoms with Crippen molar-refractivity contribution in [1.29, 1.82) is 0 Å². The third-order valence-electron chi connectivity index (χ3n) is 4.78. The van der Waals surface area contributed by atoms with Gasteiger partial charge in [-0.3, -0.25) is 0 Å². The Kier molecular flexibility index (Phi) is 5.09.